The number of aromatic nitrogens is 1. The number of carbonyl (C=O) groups excluding carboxylic acids is 1. The van der Waals surface area contributed by atoms with Crippen molar-refractivity contribution < 1.29 is 23.2 Å². The standard InChI is InChI=1S/C28H24ClFN2O4/c1-16-24(26(31-36-16)17-8-5-4-6-9-17)28(33)32-13-12-18-14-22(34-2)23(35-3)15-19(18)27(32)25-20(29)10-7-11-21(25)30/h4-11,14-15,27H,12-13H2,1-3H3/t27-/m1/s1. The highest BCUT2D eigenvalue weighted by Crippen LogP contribution is 2.44. The quantitative estimate of drug-likeness (QED) is 0.320. The number of rotatable bonds is 5. The number of nitrogens with zero attached hydrogens (tertiary/aromatic N) is 2. The van der Waals surface area contributed by atoms with Gasteiger partial charge in [-0.25, -0.2) is 4.39 Å². The molecule has 1 atom stereocenters. The maximum Gasteiger partial charge on any atom is 0.260 e. The minimum atomic E-state index is -0.798. The first-order valence-electron chi connectivity index (χ1n) is 11.5. The summed E-state index contributed by atoms with van der Waals surface area (Å²) in [5.41, 5.74) is 3.39. The monoisotopic (exact) mass is 506 g/mol. The van der Waals surface area contributed by atoms with Crippen molar-refractivity contribution in [2.45, 2.75) is 19.4 Å². The molecule has 1 aromatic heterocycles. The number of hydrogen-bond acceptors (Lipinski definition) is 5. The van der Waals surface area contributed by atoms with Crippen molar-refractivity contribution in [3.8, 4) is 22.8 Å². The summed E-state index contributed by atoms with van der Waals surface area (Å²) in [6, 6.07) is 16.7. The summed E-state index contributed by atoms with van der Waals surface area (Å²) in [5.74, 6) is 0.607. The smallest absolute Gasteiger partial charge is 0.260 e. The van der Waals surface area contributed by atoms with Gasteiger partial charge >= 0.3 is 0 Å². The lowest BCUT2D eigenvalue weighted by Crippen LogP contribution is -2.41. The second-order valence-electron chi connectivity index (χ2n) is 8.52. The Morgan fingerprint density at radius 1 is 1.08 bits per heavy atom. The summed E-state index contributed by atoms with van der Waals surface area (Å²) in [4.78, 5) is 15.8. The number of benzene rings is 3. The summed E-state index contributed by atoms with van der Waals surface area (Å²) in [6.07, 6.45) is 0.537. The van der Waals surface area contributed by atoms with Gasteiger partial charge in [-0.05, 0) is 48.7 Å². The number of fused-ring (bicyclic) bond motifs is 1. The lowest BCUT2D eigenvalue weighted by atomic mass is 9.86. The van der Waals surface area contributed by atoms with Gasteiger partial charge in [-0.1, -0.05) is 53.2 Å². The summed E-state index contributed by atoms with van der Waals surface area (Å²) in [7, 11) is 3.10. The van der Waals surface area contributed by atoms with E-state index in [1.807, 2.05) is 36.4 Å². The van der Waals surface area contributed by atoms with Crippen LogP contribution in [0.5, 0.6) is 11.5 Å². The number of methoxy groups -OCH3 is 2. The van der Waals surface area contributed by atoms with Crippen LogP contribution in [0.3, 0.4) is 0 Å². The Labute approximate surface area is 213 Å². The van der Waals surface area contributed by atoms with Gasteiger partial charge in [0.15, 0.2) is 11.5 Å². The SMILES string of the molecule is COc1cc2c(cc1OC)[C@H](c1c(F)cccc1Cl)N(C(=O)c1c(-c3ccccc3)noc1C)CC2. The van der Waals surface area contributed by atoms with Gasteiger partial charge in [0.2, 0.25) is 0 Å². The molecule has 0 spiro atoms. The van der Waals surface area contributed by atoms with Gasteiger partial charge in [-0.15, -0.1) is 0 Å². The maximum absolute atomic E-state index is 15.4. The van der Waals surface area contributed by atoms with Crippen LogP contribution in [0.2, 0.25) is 5.02 Å². The predicted molar refractivity (Wildman–Crippen MR) is 134 cm³/mol. The molecule has 8 heteroatoms. The Kier molecular flexibility index (Phi) is 6.41. The van der Waals surface area contributed by atoms with Crippen LogP contribution in [0.15, 0.2) is 65.2 Å². The Balaban J connectivity index is 1.70. The van der Waals surface area contributed by atoms with E-state index in [1.54, 1.807) is 37.1 Å². The van der Waals surface area contributed by atoms with E-state index < -0.39 is 11.9 Å². The molecule has 0 saturated carbocycles. The number of hydrogen-bond donors (Lipinski definition) is 0. The summed E-state index contributed by atoms with van der Waals surface area (Å²) >= 11 is 6.55. The van der Waals surface area contributed by atoms with E-state index in [-0.39, 0.29) is 16.5 Å². The van der Waals surface area contributed by atoms with Crippen molar-refractivity contribution in [2.24, 2.45) is 0 Å². The second-order valence-corrected chi connectivity index (χ2v) is 8.93. The molecule has 36 heavy (non-hydrogen) atoms. The van der Waals surface area contributed by atoms with E-state index in [9.17, 15) is 4.79 Å². The van der Waals surface area contributed by atoms with Gasteiger partial charge in [-0.2, -0.15) is 0 Å². The number of aryl methyl sites for hydroxylation is 1. The van der Waals surface area contributed by atoms with Gasteiger partial charge in [0.25, 0.3) is 5.91 Å². The van der Waals surface area contributed by atoms with E-state index in [2.05, 4.69) is 5.16 Å². The molecule has 0 fully saturated rings. The van der Waals surface area contributed by atoms with Crippen LogP contribution in [-0.2, 0) is 6.42 Å². The zero-order valence-electron chi connectivity index (χ0n) is 20.0. The molecule has 2 heterocycles. The lowest BCUT2D eigenvalue weighted by molar-refractivity contribution is 0.0690. The lowest BCUT2D eigenvalue weighted by Gasteiger charge is -2.38. The minimum absolute atomic E-state index is 0.219. The molecule has 6 nitrogen and oxygen atoms in total. The molecule has 0 unspecified atom stereocenters. The fourth-order valence-corrected chi connectivity index (χ4v) is 5.07. The fraction of sp³-hybridized carbons (Fsp3) is 0.214. The molecular weight excluding hydrogens is 483 g/mol. The zero-order valence-corrected chi connectivity index (χ0v) is 20.8. The van der Waals surface area contributed by atoms with Gasteiger partial charge in [0.05, 0.1) is 20.3 Å². The minimum Gasteiger partial charge on any atom is -0.493 e. The molecule has 4 aromatic rings. The molecule has 0 aliphatic carbocycles. The third kappa shape index (κ3) is 3.99. The van der Waals surface area contributed by atoms with Crippen LogP contribution < -0.4 is 9.47 Å². The van der Waals surface area contributed by atoms with Crippen molar-refractivity contribution in [3.05, 3.63) is 99.5 Å². The average molecular weight is 507 g/mol. The third-order valence-corrected chi connectivity index (χ3v) is 6.86. The van der Waals surface area contributed by atoms with Crippen LogP contribution in [-0.4, -0.2) is 36.7 Å². The van der Waals surface area contributed by atoms with E-state index >= 15 is 4.39 Å². The Morgan fingerprint density at radius 3 is 2.50 bits per heavy atom. The Morgan fingerprint density at radius 2 is 1.81 bits per heavy atom. The molecule has 1 amide bonds. The molecule has 1 aliphatic rings. The number of amides is 1. The summed E-state index contributed by atoms with van der Waals surface area (Å²) in [5, 5.41) is 4.40. The average Bonchev–Trinajstić information content (AvgIpc) is 3.29. The summed E-state index contributed by atoms with van der Waals surface area (Å²) < 4.78 is 31.8. The molecule has 0 bridgehead atoms. The van der Waals surface area contributed by atoms with E-state index in [0.29, 0.717) is 41.5 Å². The van der Waals surface area contributed by atoms with Crippen molar-refractivity contribution in [1.82, 2.24) is 10.1 Å². The van der Waals surface area contributed by atoms with Crippen LogP contribution >= 0.6 is 11.6 Å². The van der Waals surface area contributed by atoms with E-state index in [0.717, 1.165) is 16.7 Å². The molecule has 1 aliphatic heterocycles. The molecule has 3 aromatic carbocycles. The van der Waals surface area contributed by atoms with Gasteiger partial charge in [0, 0.05) is 22.7 Å². The van der Waals surface area contributed by atoms with E-state index in [4.69, 9.17) is 25.6 Å². The van der Waals surface area contributed by atoms with Crippen molar-refractivity contribution in [1.29, 1.82) is 0 Å². The second kappa shape index (κ2) is 9.66. The highest BCUT2D eigenvalue weighted by Gasteiger charge is 2.38. The Hall–Kier alpha value is -3.84. The zero-order chi connectivity index (χ0) is 25.4. The van der Waals surface area contributed by atoms with Crippen molar-refractivity contribution >= 4 is 17.5 Å². The highest BCUT2D eigenvalue weighted by atomic mass is 35.5. The van der Waals surface area contributed by atoms with Crippen LogP contribution in [0.1, 0.15) is 38.9 Å². The normalized spacial score (nSPS) is 14.9. The Bertz CT molecular complexity index is 1420. The maximum atomic E-state index is 15.4. The molecule has 184 valence electrons. The predicted octanol–water partition coefficient (Wildman–Crippen LogP) is 6.25. The van der Waals surface area contributed by atoms with Crippen LogP contribution in [0.4, 0.5) is 4.39 Å². The molecule has 0 saturated heterocycles. The molecule has 0 radical (unpaired) electrons. The summed E-state index contributed by atoms with van der Waals surface area (Å²) in [6.45, 7) is 2.03. The van der Waals surface area contributed by atoms with Gasteiger partial charge < -0.3 is 18.9 Å². The first-order valence-corrected chi connectivity index (χ1v) is 11.8. The number of halogens is 2. The topological polar surface area (TPSA) is 64.8 Å². The van der Waals surface area contributed by atoms with Crippen LogP contribution in [0.25, 0.3) is 11.3 Å². The van der Waals surface area contributed by atoms with Crippen molar-refractivity contribution in [3.63, 3.8) is 0 Å². The number of ether oxygens (including phenoxy) is 2. The van der Waals surface area contributed by atoms with Gasteiger partial charge in [0.1, 0.15) is 22.8 Å². The fourth-order valence-electron chi connectivity index (χ4n) is 4.81. The first kappa shape index (κ1) is 23.9. The largest absolute Gasteiger partial charge is 0.493 e. The first-order chi connectivity index (χ1) is 17.4. The third-order valence-electron chi connectivity index (χ3n) is 6.53. The highest BCUT2D eigenvalue weighted by molar-refractivity contribution is 6.31. The van der Waals surface area contributed by atoms with Crippen molar-refractivity contribution in [2.75, 3.05) is 20.8 Å². The van der Waals surface area contributed by atoms with E-state index in [1.165, 1.54) is 13.2 Å². The number of carbonyl (C=O) groups is 1. The van der Waals surface area contributed by atoms with Crippen LogP contribution in [0, 0.1) is 12.7 Å². The molecule has 5 rings (SSSR count). The molecular formula is C28H24ClFN2O4. The van der Waals surface area contributed by atoms with Gasteiger partial charge in [-0.3, -0.25) is 4.79 Å². The molecule has 0 N–H and O–H groups in total.